The van der Waals surface area contributed by atoms with Crippen molar-refractivity contribution in [2.75, 3.05) is 0 Å². The molecule has 0 aliphatic rings. The smallest absolute Gasteiger partial charge is 0.254 e. The van der Waals surface area contributed by atoms with Crippen LogP contribution in [0.3, 0.4) is 0 Å². The van der Waals surface area contributed by atoms with E-state index in [1.807, 2.05) is 0 Å². The number of amidine groups is 1. The maximum absolute atomic E-state index is 13.5. The standard InChI is InChI=1S/C11H13BrFN3O2/c1-2-9(10(14)16-18)15-11(17)7-5-6(12)3-4-8(7)13/h3-5,9,18H,2H2,1H3,(H2,14,16)(H,15,17). The molecular weight excluding hydrogens is 305 g/mol. The third-order valence-corrected chi connectivity index (χ3v) is 2.85. The number of carbonyl (C=O) groups is 1. The molecule has 0 saturated heterocycles. The molecule has 18 heavy (non-hydrogen) atoms. The number of amides is 1. The largest absolute Gasteiger partial charge is 0.409 e. The summed E-state index contributed by atoms with van der Waals surface area (Å²) in [6.07, 6.45) is 0.428. The van der Waals surface area contributed by atoms with E-state index >= 15 is 0 Å². The highest BCUT2D eigenvalue weighted by molar-refractivity contribution is 9.10. The van der Waals surface area contributed by atoms with E-state index in [-0.39, 0.29) is 11.4 Å². The van der Waals surface area contributed by atoms with Crippen LogP contribution in [0, 0.1) is 5.82 Å². The molecule has 0 aromatic heterocycles. The molecule has 0 aliphatic carbocycles. The van der Waals surface area contributed by atoms with Crippen LogP contribution in [0.1, 0.15) is 23.7 Å². The van der Waals surface area contributed by atoms with Gasteiger partial charge in [-0.25, -0.2) is 4.39 Å². The van der Waals surface area contributed by atoms with Crippen LogP contribution in [-0.4, -0.2) is 23.0 Å². The molecule has 1 aromatic rings. The molecular formula is C11H13BrFN3O2. The van der Waals surface area contributed by atoms with Crippen LogP contribution in [0.4, 0.5) is 4.39 Å². The molecule has 1 aromatic carbocycles. The highest BCUT2D eigenvalue weighted by Crippen LogP contribution is 2.15. The molecule has 0 fully saturated rings. The summed E-state index contributed by atoms with van der Waals surface area (Å²) >= 11 is 3.16. The van der Waals surface area contributed by atoms with Crippen molar-refractivity contribution in [1.82, 2.24) is 5.32 Å². The first-order chi connectivity index (χ1) is 8.49. The van der Waals surface area contributed by atoms with Gasteiger partial charge in [0.2, 0.25) is 0 Å². The molecule has 1 unspecified atom stereocenters. The van der Waals surface area contributed by atoms with Gasteiger partial charge in [-0.3, -0.25) is 4.79 Å². The second kappa shape index (κ2) is 6.34. The van der Waals surface area contributed by atoms with Crippen LogP contribution in [0.15, 0.2) is 27.8 Å². The summed E-state index contributed by atoms with van der Waals surface area (Å²) in [4.78, 5) is 11.8. The lowest BCUT2D eigenvalue weighted by Gasteiger charge is -2.15. The summed E-state index contributed by atoms with van der Waals surface area (Å²) in [7, 11) is 0. The fraction of sp³-hybridized carbons (Fsp3) is 0.273. The van der Waals surface area contributed by atoms with Gasteiger partial charge < -0.3 is 16.3 Å². The van der Waals surface area contributed by atoms with Gasteiger partial charge in [0.1, 0.15) is 5.82 Å². The van der Waals surface area contributed by atoms with Crippen molar-refractivity contribution < 1.29 is 14.4 Å². The van der Waals surface area contributed by atoms with E-state index in [9.17, 15) is 9.18 Å². The lowest BCUT2D eigenvalue weighted by molar-refractivity contribution is 0.0941. The van der Waals surface area contributed by atoms with Crippen molar-refractivity contribution in [2.24, 2.45) is 10.9 Å². The monoisotopic (exact) mass is 317 g/mol. The van der Waals surface area contributed by atoms with Gasteiger partial charge >= 0.3 is 0 Å². The van der Waals surface area contributed by atoms with Crippen LogP contribution in [0.25, 0.3) is 0 Å². The number of hydrogen-bond donors (Lipinski definition) is 3. The van der Waals surface area contributed by atoms with E-state index in [1.54, 1.807) is 6.92 Å². The number of benzene rings is 1. The Balaban J connectivity index is 2.91. The third-order valence-electron chi connectivity index (χ3n) is 2.36. The minimum absolute atomic E-state index is 0.103. The molecule has 1 amide bonds. The quantitative estimate of drug-likeness (QED) is 0.343. The van der Waals surface area contributed by atoms with Crippen LogP contribution >= 0.6 is 15.9 Å². The molecule has 4 N–H and O–H groups in total. The van der Waals surface area contributed by atoms with Crippen LogP contribution in [0.5, 0.6) is 0 Å². The summed E-state index contributed by atoms with van der Waals surface area (Å²) in [6, 6.07) is 3.40. The normalized spacial score (nSPS) is 13.2. The van der Waals surface area contributed by atoms with Crippen LogP contribution in [-0.2, 0) is 0 Å². The molecule has 7 heteroatoms. The first-order valence-corrected chi connectivity index (χ1v) is 6.02. The predicted molar refractivity (Wildman–Crippen MR) is 69.1 cm³/mol. The van der Waals surface area contributed by atoms with E-state index in [0.29, 0.717) is 10.9 Å². The zero-order chi connectivity index (χ0) is 13.7. The molecule has 0 bridgehead atoms. The van der Waals surface area contributed by atoms with Gasteiger partial charge in [0, 0.05) is 4.47 Å². The highest BCUT2D eigenvalue weighted by Gasteiger charge is 2.18. The van der Waals surface area contributed by atoms with E-state index in [1.165, 1.54) is 18.2 Å². The molecule has 5 nitrogen and oxygen atoms in total. The maximum atomic E-state index is 13.5. The van der Waals surface area contributed by atoms with E-state index in [2.05, 4.69) is 26.4 Å². The molecule has 0 heterocycles. The number of hydrogen-bond acceptors (Lipinski definition) is 3. The number of halogens is 2. The van der Waals surface area contributed by atoms with E-state index in [0.717, 1.165) is 0 Å². The Morgan fingerprint density at radius 2 is 2.33 bits per heavy atom. The Morgan fingerprint density at radius 1 is 1.67 bits per heavy atom. The van der Waals surface area contributed by atoms with Gasteiger partial charge in [0.15, 0.2) is 5.84 Å². The Morgan fingerprint density at radius 3 is 2.89 bits per heavy atom. The lowest BCUT2D eigenvalue weighted by Crippen LogP contribution is -2.44. The van der Waals surface area contributed by atoms with Crippen molar-refractivity contribution in [2.45, 2.75) is 19.4 Å². The fourth-order valence-corrected chi connectivity index (χ4v) is 1.72. The number of nitrogens with one attached hydrogen (secondary N) is 1. The number of nitrogens with two attached hydrogens (primary N) is 1. The Bertz CT molecular complexity index is 479. The third kappa shape index (κ3) is 3.43. The summed E-state index contributed by atoms with van der Waals surface area (Å²) < 4.78 is 14.1. The van der Waals surface area contributed by atoms with Crippen LogP contribution in [0.2, 0.25) is 0 Å². The molecule has 0 spiro atoms. The summed E-state index contributed by atoms with van der Waals surface area (Å²) in [5.41, 5.74) is 5.30. The average Bonchev–Trinajstić information content (AvgIpc) is 2.37. The van der Waals surface area contributed by atoms with Crippen molar-refractivity contribution in [1.29, 1.82) is 0 Å². The fourth-order valence-electron chi connectivity index (χ4n) is 1.36. The number of nitrogens with zero attached hydrogens (tertiary/aromatic N) is 1. The van der Waals surface area contributed by atoms with Crippen molar-refractivity contribution in [3.05, 3.63) is 34.1 Å². The molecule has 0 saturated carbocycles. The molecule has 98 valence electrons. The number of carbonyl (C=O) groups excluding carboxylic acids is 1. The Labute approximate surface area is 112 Å². The van der Waals surface area contributed by atoms with E-state index < -0.39 is 17.8 Å². The van der Waals surface area contributed by atoms with Gasteiger partial charge in [0.05, 0.1) is 11.6 Å². The second-order valence-electron chi connectivity index (χ2n) is 3.58. The number of rotatable bonds is 4. The summed E-state index contributed by atoms with van der Waals surface area (Å²) in [5, 5.41) is 13.9. The van der Waals surface area contributed by atoms with Gasteiger partial charge in [-0.05, 0) is 24.6 Å². The topological polar surface area (TPSA) is 87.7 Å². The lowest BCUT2D eigenvalue weighted by atomic mass is 10.1. The predicted octanol–water partition coefficient (Wildman–Crippen LogP) is 1.84. The van der Waals surface area contributed by atoms with Gasteiger partial charge in [-0.2, -0.15) is 0 Å². The summed E-state index contributed by atoms with van der Waals surface area (Å²) in [5.74, 6) is -1.38. The first kappa shape index (κ1) is 14.4. The minimum Gasteiger partial charge on any atom is -0.409 e. The van der Waals surface area contributed by atoms with Gasteiger partial charge in [0.25, 0.3) is 5.91 Å². The maximum Gasteiger partial charge on any atom is 0.254 e. The zero-order valence-corrected chi connectivity index (χ0v) is 11.2. The molecule has 1 atom stereocenters. The van der Waals surface area contributed by atoms with Gasteiger partial charge in [-0.15, -0.1) is 0 Å². The minimum atomic E-state index is -0.638. The molecule has 1 rings (SSSR count). The Hall–Kier alpha value is -1.63. The number of oxime groups is 1. The average molecular weight is 318 g/mol. The zero-order valence-electron chi connectivity index (χ0n) is 9.65. The first-order valence-electron chi connectivity index (χ1n) is 5.23. The van der Waals surface area contributed by atoms with E-state index in [4.69, 9.17) is 10.9 Å². The highest BCUT2D eigenvalue weighted by atomic mass is 79.9. The van der Waals surface area contributed by atoms with Crippen molar-refractivity contribution in [3.8, 4) is 0 Å². The SMILES string of the molecule is CCC(NC(=O)c1cc(Br)ccc1F)/C(N)=N/O. The molecule has 0 radical (unpaired) electrons. The van der Waals surface area contributed by atoms with Crippen molar-refractivity contribution in [3.63, 3.8) is 0 Å². The Kier molecular flexibility index (Phi) is 5.08. The molecule has 0 aliphatic heterocycles. The summed E-state index contributed by atoms with van der Waals surface area (Å²) in [6.45, 7) is 1.75. The van der Waals surface area contributed by atoms with Crippen molar-refractivity contribution >= 4 is 27.7 Å². The van der Waals surface area contributed by atoms with Crippen LogP contribution < -0.4 is 11.1 Å². The van der Waals surface area contributed by atoms with Gasteiger partial charge in [-0.1, -0.05) is 28.0 Å². The second-order valence-corrected chi connectivity index (χ2v) is 4.50.